The Morgan fingerprint density at radius 1 is 1.24 bits per heavy atom. The van der Waals surface area contributed by atoms with Crippen molar-refractivity contribution < 1.29 is 31.2 Å². The van der Waals surface area contributed by atoms with E-state index >= 15 is 0 Å². The van der Waals surface area contributed by atoms with Gasteiger partial charge < -0.3 is 15.2 Å². The van der Waals surface area contributed by atoms with Crippen LogP contribution < -0.4 is 0 Å². The molecule has 1 amide bonds. The van der Waals surface area contributed by atoms with Gasteiger partial charge in [-0.25, -0.2) is 0 Å². The number of hydrogen-bond donors (Lipinski definition) is 1. The molecule has 2 atom stereocenters. The number of benzene rings is 2. The molecule has 33 heavy (non-hydrogen) atoms. The van der Waals surface area contributed by atoms with Crippen LogP contribution >= 0.6 is 11.6 Å². The van der Waals surface area contributed by atoms with Crippen molar-refractivity contribution in [1.29, 1.82) is 0 Å². The summed E-state index contributed by atoms with van der Waals surface area (Å²) in [6.07, 6.45) is 1.62. The molecular weight excluding hydrogens is 484 g/mol. The molecule has 0 unspecified atom stereocenters. The van der Waals surface area contributed by atoms with E-state index in [1.807, 2.05) is 37.3 Å². The topological polar surface area (TPSA) is 84.1 Å². The zero-order valence-electron chi connectivity index (χ0n) is 19.0. The number of carbonyl (C=O) groups excluding carboxylic acids is 1. The van der Waals surface area contributed by atoms with E-state index in [4.69, 9.17) is 16.6 Å². The van der Waals surface area contributed by atoms with Crippen LogP contribution in [0.2, 0.25) is 5.02 Å². The smallest absolute Gasteiger partial charge is 0.305 e. The Morgan fingerprint density at radius 2 is 1.94 bits per heavy atom. The Hall–Kier alpha value is -2.21. The third kappa shape index (κ3) is 6.44. The van der Waals surface area contributed by atoms with Crippen LogP contribution in [0.3, 0.4) is 0 Å². The van der Waals surface area contributed by atoms with Crippen molar-refractivity contribution in [1.82, 2.24) is 4.90 Å². The molecule has 3 rings (SSSR count). The quantitative estimate of drug-likeness (QED) is 0.376. The van der Waals surface area contributed by atoms with Crippen molar-refractivity contribution in [3.63, 3.8) is 0 Å². The molecule has 1 saturated heterocycles. The third-order valence-electron chi connectivity index (χ3n) is 5.93. The number of carboxylic acids is 1. The molecule has 0 saturated carbocycles. The molecule has 0 aliphatic carbocycles. The first-order valence-corrected chi connectivity index (χ1v) is 11.3. The van der Waals surface area contributed by atoms with Gasteiger partial charge >= 0.3 is 5.97 Å². The van der Waals surface area contributed by atoms with Gasteiger partial charge in [-0.1, -0.05) is 54.9 Å². The second-order valence-corrected chi connectivity index (χ2v) is 8.76. The van der Waals surface area contributed by atoms with Crippen molar-refractivity contribution in [3.8, 4) is 0 Å². The largest absolute Gasteiger partial charge is 0.625 e. The van der Waals surface area contributed by atoms with Gasteiger partial charge in [0.05, 0.1) is 29.6 Å². The predicted octanol–water partition coefficient (Wildman–Crippen LogP) is 5.44. The number of halogens is 1. The van der Waals surface area contributed by atoms with E-state index in [9.17, 15) is 14.7 Å². The van der Waals surface area contributed by atoms with Crippen molar-refractivity contribution in [2.45, 2.75) is 51.6 Å². The summed E-state index contributed by atoms with van der Waals surface area (Å²) >= 11 is 6.32. The third-order valence-corrected chi connectivity index (χ3v) is 6.17. The first kappa shape index (κ1) is 27.0. The Kier molecular flexibility index (Phi) is 9.65. The monoisotopic (exact) mass is 512 g/mol. The molecule has 2 aromatic carbocycles. The summed E-state index contributed by atoms with van der Waals surface area (Å²) < 4.78 is 0. The molecule has 2 aromatic rings. The summed E-state index contributed by atoms with van der Waals surface area (Å²) in [7, 11) is 0. The molecular formula is C25H29ClN3NiO3-. The fraction of sp³-hybridized carbons (Fsp3) is 0.400. The molecule has 6 nitrogen and oxygen atoms in total. The van der Waals surface area contributed by atoms with Gasteiger partial charge in [0.15, 0.2) is 0 Å². The minimum atomic E-state index is -0.923. The maximum atomic E-state index is 13.3. The van der Waals surface area contributed by atoms with Crippen LogP contribution in [0.1, 0.15) is 51.2 Å². The maximum Gasteiger partial charge on any atom is 0.305 e. The van der Waals surface area contributed by atoms with E-state index in [-0.39, 0.29) is 28.8 Å². The summed E-state index contributed by atoms with van der Waals surface area (Å²) in [6.45, 7) is 7.42. The Balaban J connectivity index is 0.00000385. The summed E-state index contributed by atoms with van der Waals surface area (Å²) in [4.78, 5) is 31.4. The molecule has 8 heteroatoms. The van der Waals surface area contributed by atoms with E-state index in [0.29, 0.717) is 22.0 Å². The first-order chi connectivity index (χ1) is 15.2. The number of hydrogen-bond acceptors (Lipinski definition) is 4. The van der Waals surface area contributed by atoms with Gasteiger partial charge in [0.1, 0.15) is 0 Å². The molecule has 0 bridgehead atoms. The number of aliphatic carboxylic acids is 1. The Labute approximate surface area is 210 Å². The molecule has 0 spiro atoms. The second kappa shape index (κ2) is 11.8. The Bertz CT molecular complexity index is 1020. The summed E-state index contributed by atoms with van der Waals surface area (Å²) in [5.74, 6) is -1.11. The number of rotatable bonds is 8. The number of carbonyl (C=O) groups is 2. The van der Waals surface area contributed by atoms with E-state index in [2.05, 4.69) is 17.1 Å². The van der Waals surface area contributed by atoms with E-state index in [0.717, 1.165) is 31.5 Å². The average Bonchev–Trinajstić information content (AvgIpc) is 3.15. The SMILES string of the molecule is CCN1CCC[C@]1(C)C(=O)[N-]c1ccc(Cl)cc1C(=N[C@H](C)CC(=O)O)c1ccccc1.[Ni]. The van der Waals surface area contributed by atoms with Crippen LogP contribution in [-0.4, -0.2) is 52.3 Å². The minimum absolute atomic E-state index is 0. The van der Waals surface area contributed by atoms with Crippen LogP contribution in [-0.2, 0) is 26.1 Å². The van der Waals surface area contributed by atoms with Gasteiger partial charge in [-0.05, 0) is 57.5 Å². The molecule has 0 radical (unpaired) electrons. The molecule has 180 valence electrons. The van der Waals surface area contributed by atoms with Crippen molar-refractivity contribution in [2.24, 2.45) is 4.99 Å². The van der Waals surface area contributed by atoms with Crippen LogP contribution in [0.15, 0.2) is 53.5 Å². The summed E-state index contributed by atoms with van der Waals surface area (Å²) in [5, 5.41) is 14.2. The molecule has 1 heterocycles. The maximum absolute atomic E-state index is 13.3. The molecule has 1 fully saturated rings. The fourth-order valence-electron chi connectivity index (χ4n) is 4.21. The number of nitrogens with zero attached hydrogens (tertiary/aromatic N) is 3. The van der Waals surface area contributed by atoms with Gasteiger partial charge in [-0.15, -0.1) is 5.69 Å². The van der Waals surface area contributed by atoms with Gasteiger partial charge in [0.2, 0.25) is 0 Å². The molecule has 1 aliphatic heterocycles. The number of carboxylic acid groups (broad SMARTS) is 1. The number of amides is 1. The van der Waals surface area contributed by atoms with Crippen molar-refractivity contribution in [3.05, 3.63) is 70.0 Å². The molecule has 0 aromatic heterocycles. The van der Waals surface area contributed by atoms with Crippen LogP contribution in [0.4, 0.5) is 5.69 Å². The van der Waals surface area contributed by atoms with Crippen LogP contribution in [0, 0.1) is 0 Å². The molecule has 1 N–H and O–H groups in total. The fourth-order valence-corrected chi connectivity index (χ4v) is 4.38. The van der Waals surface area contributed by atoms with E-state index < -0.39 is 17.6 Å². The number of likely N-dealkylation sites (tertiary alicyclic amines) is 1. The second-order valence-electron chi connectivity index (χ2n) is 8.33. The van der Waals surface area contributed by atoms with E-state index in [1.54, 1.807) is 25.1 Å². The zero-order valence-corrected chi connectivity index (χ0v) is 20.8. The van der Waals surface area contributed by atoms with Gasteiger partial charge in [-0.2, -0.15) is 0 Å². The zero-order chi connectivity index (χ0) is 23.3. The van der Waals surface area contributed by atoms with Gasteiger partial charge in [0, 0.05) is 27.1 Å². The van der Waals surface area contributed by atoms with E-state index in [1.165, 1.54) is 0 Å². The van der Waals surface area contributed by atoms with Gasteiger partial charge in [-0.3, -0.25) is 14.7 Å². The van der Waals surface area contributed by atoms with Crippen LogP contribution in [0.25, 0.3) is 5.32 Å². The summed E-state index contributed by atoms with van der Waals surface area (Å²) in [5.41, 5.74) is 1.83. The van der Waals surface area contributed by atoms with Gasteiger partial charge in [0.25, 0.3) is 0 Å². The van der Waals surface area contributed by atoms with Crippen molar-refractivity contribution in [2.75, 3.05) is 13.1 Å². The minimum Gasteiger partial charge on any atom is -0.625 e. The Morgan fingerprint density at radius 3 is 2.58 bits per heavy atom. The average molecular weight is 514 g/mol. The number of aliphatic imine (C=N–C) groups is 1. The van der Waals surface area contributed by atoms with Crippen molar-refractivity contribution >= 4 is 34.9 Å². The summed E-state index contributed by atoms with van der Waals surface area (Å²) in [6, 6.07) is 14.2. The predicted molar refractivity (Wildman–Crippen MR) is 128 cm³/mol. The van der Waals surface area contributed by atoms with Crippen LogP contribution in [0.5, 0.6) is 0 Å². The molecule has 1 aliphatic rings. The normalized spacial score (nSPS) is 19.6. The number of likely N-dealkylation sites (N-methyl/N-ethyl adjacent to an activating group) is 1. The first-order valence-electron chi connectivity index (χ1n) is 10.9. The standard InChI is InChI=1S/C25H30ClN3O3.Ni/c1-4-29-14-8-13-25(29,3)24(32)28-21-12-11-19(26)16-20(21)23(18-9-6-5-7-10-18)27-17(2)15-22(30)31;/h5-7,9-12,16-17H,4,8,13-15H2,1-3H3,(H2,27,28,30,31,32);/p-1/t17-,25-;/m1./s1.